The van der Waals surface area contributed by atoms with Gasteiger partial charge in [0.05, 0.1) is 12.4 Å². The average molecular weight is 308 g/mol. The van der Waals surface area contributed by atoms with E-state index in [0.29, 0.717) is 12.4 Å². The minimum absolute atomic E-state index is 0.148. The van der Waals surface area contributed by atoms with Crippen molar-refractivity contribution in [3.63, 3.8) is 0 Å². The van der Waals surface area contributed by atoms with Gasteiger partial charge in [-0.25, -0.2) is 0 Å². The lowest BCUT2D eigenvalue weighted by molar-refractivity contribution is -0.128. The molecule has 1 aromatic rings. The maximum Gasteiger partial charge on any atom is 0.233 e. The third-order valence-corrected chi connectivity index (χ3v) is 4.70. The number of ether oxygens (including phenoxy) is 1. The van der Waals surface area contributed by atoms with Crippen molar-refractivity contribution >= 4 is 17.7 Å². The standard InChI is InChI=1S/C16H24N2O2S/c1-4-20-14-8-6-13(7-9-14)16-18(15(19)12-21-16)11-5-10-17(2)3/h6-9,16H,4-5,10-12H2,1-3H3. The number of nitrogens with zero attached hydrogens (tertiary/aromatic N) is 2. The SMILES string of the molecule is CCOc1ccc(C2SCC(=O)N2CCCN(C)C)cc1. The number of carbonyl (C=O) groups excluding carboxylic acids is 1. The number of hydrogen-bond acceptors (Lipinski definition) is 4. The fourth-order valence-corrected chi connectivity index (χ4v) is 3.64. The predicted octanol–water partition coefficient (Wildman–Crippen LogP) is 2.61. The molecule has 116 valence electrons. The molecule has 1 saturated heterocycles. The van der Waals surface area contributed by atoms with E-state index in [1.807, 2.05) is 24.0 Å². The molecule has 5 heteroatoms. The van der Waals surface area contributed by atoms with Crippen LogP contribution in [0.3, 0.4) is 0 Å². The van der Waals surface area contributed by atoms with Gasteiger partial charge in [0.15, 0.2) is 0 Å². The highest BCUT2D eigenvalue weighted by atomic mass is 32.2. The van der Waals surface area contributed by atoms with E-state index in [-0.39, 0.29) is 11.3 Å². The number of carbonyl (C=O) groups is 1. The monoisotopic (exact) mass is 308 g/mol. The van der Waals surface area contributed by atoms with Crippen LogP contribution in [0.2, 0.25) is 0 Å². The molecule has 1 heterocycles. The number of amides is 1. The minimum atomic E-state index is 0.148. The van der Waals surface area contributed by atoms with Crippen LogP contribution in [0.1, 0.15) is 24.3 Å². The second-order valence-corrected chi connectivity index (χ2v) is 6.48. The van der Waals surface area contributed by atoms with Crippen molar-refractivity contribution in [3.05, 3.63) is 29.8 Å². The van der Waals surface area contributed by atoms with Crippen LogP contribution in [-0.2, 0) is 4.79 Å². The van der Waals surface area contributed by atoms with E-state index < -0.39 is 0 Å². The second kappa shape index (κ2) is 7.71. The summed E-state index contributed by atoms with van der Waals surface area (Å²) < 4.78 is 5.47. The van der Waals surface area contributed by atoms with Crippen LogP contribution in [-0.4, -0.2) is 55.3 Å². The van der Waals surface area contributed by atoms with Gasteiger partial charge in [0.2, 0.25) is 5.91 Å². The molecule has 0 radical (unpaired) electrons. The van der Waals surface area contributed by atoms with Crippen LogP contribution in [0.25, 0.3) is 0 Å². The Kier molecular flexibility index (Phi) is 5.94. The normalized spacial score (nSPS) is 18.6. The molecule has 1 atom stereocenters. The number of hydrogen-bond donors (Lipinski definition) is 0. The highest BCUT2D eigenvalue weighted by Gasteiger charge is 2.32. The third-order valence-electron chi connectivity index (χ3n) is 3.45. The van der Waals surface area contributed by atoms with Gasteiger partial charge in [-0.15, -0.1) is 11.8 Å². The number of benzene rings is 1. The molecule has 0 aliphatic carbocycles. The van der Waals surface area contributed by atoms with E-state index in [1.54, 1.807) is 11.8 Å². The van der Waals surface area contributed by atoms with Gasteiger partial charge in [-0.1, -0.05) is 12.1 Å². The molecule has 0 bridgehead atoms. The summed E-state index contributed by atoms with van der Waals surface area (Å²) >= 11 is 1.71. The second-order valence-electron chi connectivity index (χ2n) is 5.41. The lowest BCUT2D eigenvalue weighted by Crippen LogP contribution is -2.31. The Hall–Kier alpha value is -1.20. The molecule has 1 fully saturated rings. The van der Waals surface area contributed by atoms with E-state index in [0.717, 1.165) is 25.3 Å². The van der Waals surface area contributed by atoms with Gasteiger partial charge in [0.1, 0.15) is 11.1 Å². The van der Waals surface area contributed by atoms with Crippen LogP contribution >= 0.6 is 11.8 Å². The highest BCUT2D eigenvalue weighted by Crippen LogP contribution is 2.39. The van der Waals surface area contributed by atoms with Crippen molar-refractivity contribution < 1.29 is 9.53 Å². The largest absolute Gasteiger partial charge is 0.494 e. The Balaban J connectivity index is 2.00. The molecular weight excluding hydrogens is 284 g/mol. The van der Waals surface area contributed by atoms with Gasteiger partial charge >= 0.3 is 0 Å². The van der Waals surface area contributed by atoms with Gasteiger partial charge < -0.3 is 14.5 Å². The van der Waals surface area contributed by atoms with Gasteiger partial charge in [0, 0.05) is 6.54 Å². The first kappa shape index (κ1) is 16.2. The van der Waals surface area contributed by atoms with Crippen molar-refractivity contribution in [2.45, 2.75) is 18.7 Å². The fraction of sp³-hybridized carbons (Fsp3) is 0.562. The van der Waals surface area contributed by atoms with Crippen LogP contribution in [0.15, 0.2) is 24.3 Å². The van der Waals surface area contributed by atoms with Gasteiger partial charge in [-0.05, 0) is 51.7 Å². The van der Waals surface area contributed by atoms with Crippen LogP contribution in [0, 0.1) is 0 Å². The summed E-state index contributed by atoms with van der Waals surface area (Å²) in [6, 6.07) is 8.11. The van der Waals surface area contributed by atoms with E-state index >= 15 is 0 Å². The summed E-state index contributed by atoms with van der Waals surface area (Å²) in [6.07, 6.45) is 1.01. The molecule has 1 aliphatic rings. The summed E-state index contributed by atoms with van der Waals surface area (Å²) in [5.41, 5.74) is 1.18. The maximum atomic E-state index is 12.1. The molecule has 0 N–H and O–H groups in total. The van der Waals surface area contributed by atoms with E-state index in [1.165, 1.54) is 5.56 Å². The number of rotatable bonds is 7. The fourth-order valence-electron chi connectivity index (χ4n) is 2.42. The van der Waals surface area contributed by atoms with E-state index in [2.05, 4.69) is 31.1 Å². The average Bonchev–Trinajstić information content (AvgIpc) is 2.81. The first-order valence-corrected chi connectivity index (χ1v) is 8.45. The highest BCUT2D eigenvalue weighted by molar-refractivity contribution is 8.00. The molecule has 0 saturated carbocycles. The van der Waals surface area contributed by atoms with E-state index in [4.69, 9.17) is 4.74 Å². The molecule has 2 rings (SSSR count). The molecule has 1 aromatic carbocycles. The Labute approximate surface area is 131 Å². The Morgan fingerprint density at radius 1 is 1.33 bits per heavy atom. The zero-order chi connectivity index (χ0) is 15.2. The van der Waals surface area contributed by atoms with Gasteiger partial charge in [-0.3, -0.25) is 4.79 Å². The first-order chi connectivity index (χ1) is 10.1. The van der Waals surface area contributed by atoms with Gasteiger partial charge in [0.25, 0.3) is 0 Å². The summed E-state index contributed by atoms with van der Waals surface area (Å²) in [4.78, 5) is 16.2. The predicted molar refractivity (Wildman–Crippen MR) is 87.7 cm³/mol. The number of thioether (sulfide) groups is 1. The van der Waals surface area contributed by atoms with Crippen molar-refractivity contribution in [2.24, 2.45) is 0 Å². The Morgan fingerprint density at radius 3 is 2.67 bits per heavy atom. The quantitative estimate of drug-likeness (QED) is 0.775. The van der Waals surface area contributed by atoms with Crippen LogP contribution in [0.4, 0.5) is 0 Å². The minimum Gasteiger partial charge on any atom is -0.494 e. The zero-order valence-electron chi connectivity index (χ0n) is 13.0. The molecule has 0 spiro atoms. The van der Waals surface area contributed by atoms with Crippen molar-refractivity contribution in [2.75, 3.05) is 39.5 Å². The van der Waals surface area contributed by atoms with E-state index in [9.17, 15) is 4.79 Å². The lowest BCUT2D eigenvalue weighted by Gasteiger charge is -2.25. The van der Waals surface area contributed by atoms with Crippen molar-refractivity contribution in [1.29, 1.82) is 0 Å². The Bertz CT molecular complexity index is 462. The van der Waals surface area contributed by atoms with Crippen molar-refractivity contribution in [1.82, 2.24) is 9.80 Å². The molecular formula is C16H24N2O2S. The summed E-state index contributed by atoms with van der Waals surface area (Å²) in [5, 5.41) is 0.148. The maximum absolute atomic E-state index is 12.1. The molecule has 0 aromatic heterocycles. The van der Waals surface area contributed by atoms with Gasteiger partial charge in [-0.2, -0.15) is 0 Å². The molecule has 1 amide bonds. The summed E-state index contributed by atoms with van der Waals surface area (Å²) in [7, 11) is 4.12. The molecule has 21 heavy (non-hydrogen) atoms. The van der Waals surface area contributed by atoms with Crippen molar-refractivity contribution in [3.8, 4) is 5.75 Å². The van der Waals surface area contributed by atoms with Crippen LogP contribution < -0.4 is 4.74 Å². The third kappa shape index (κ3) is 4.38. The lowest BCUT2D eigenvalue weighted by atomic mass is 10.2. The molecule has 4 nitrogen and oxygen atoms in total. The topological polar surface area (TPSA) is 32.8 Å². The smallest absolute Gasteiger partial charge is 0.233 e. The first-order valence-electron chi connectivity index (χ1n) is 7.40. The molecule has 1 unspecified atom stereocenters. The summed E-state index contributed by atoms with van der Waals surface area (Å²) in [5.74, 6) is 1.72. The zero-order valence-corrected chi connectivity index (χ0v) is 13.9. The summed E-state index contributed by atoms with van der Waals surface area (Å²) in [6.45, 7) is 4.48. The molecule has 1 aliphatic heterocycles. The Morgan fingerprint density at radius 2 is 2.05 bits per heavy atom. The van der Waals surface area contributed by atoms with Crippen LogP contribution in [0.5, 0.6) is 5.75 Å².